The molecule has 0 aliphatic carbocycles. The zero-order chi connectivity index (χ0) is 13.7. The van der Waals surface area contributed by atoms with Crippen LogP contribution in [0.25, 0.3) is 0 Å². The van der Waals surface area contributed by atoms with Gasteiger partial charge < -0.3 is 10.8 Å². The number of rotatable bonds is 13. The lowest BCUT2D eigenvalue weighted by Gasteiger charge is -2.23. The van der Waals surface area contributed by atoms with Crippen LogP contribution >= 0.6 is 0 Å². The summed E-state index contributed by atoms with van der Waals surface area (Å²) in [6.07, 6.45) is 15.4. The van der Waals surface area contributed by atoms with E-state index < -0.39 is 0 Å². The summed E-state index contributed by atoms with van der Waals surface area (Å²) in [4.78, 5) is 0. The Bertz CT molecular complexity index is 168. The van der Waals surface area contributed by atoms with Crippen LogP contribution in [0.5, 0.6) is 0 Å². The minimum Gasteiger partial charge on any atom is -0.396 e. The normalized spacial score (nSPS) is 14.7. The fourth-order valence-corrected chi connectivity index (χ4v) is 2.40. The van der Waals surface area contributed by atoms with E-state index in [-0.39, 0.29) is 12.1 Å². The fraction of sp³-hybridized carbons (Fsp3) is 1.00. The molecule has 0 aromatic carbocycles. The number of hydrogen-bond acceptors (Lipinski definition) is 2. The van der Waals surface area contributed by atoms with Crippen molar-refractivity contribution in [3.63, 3.8) is 0 Å². The molecular weight excluding hydrogens is 222 g/mol. The highest BCUT2D eigenvalue weighted by molar-refractivity contribution is 4.77. The standard InChI is InChI=1S/C16H35NO/c1-3-4-5-6-7-8-9-10-11-12-13-16(2,17)14-15-18/h18H,3-15,17H2,1-2H3. The van der Waals surface area contributed by atoms with Crippen LogP contribution in [0.4, 0.5) is 0 Å². The molecule has 2 nitrogen and oxygen atoms in total. The van der Waals surface area contributed by atoms with Crippen molar-refractivity contribution >= 4 is 0 Å². The van der Waals surface area contributed by atoms with Crippen LogP contribution in [0.2, 0.25) is 0 Å². The highest BCUT2D eigenvalue weighted by Gasteiger charge is 2.16. The smallest absolute Gasteiger partial charge is 0.0448 e. The number of unbranched alkanes of at least 4 members (excludes halogenated alkanes) is 9. The summed E-state index contributed by atoms with van der Waals surface area (Å²) in [5.74, 6) is 0. The molecule has 0 saturated heterocycles. The Kier molecular flexibility index (Phi) is 11.9. The molecule has 110 valence electrons. The fourth-order valence-electron chi connectivity index (χ4n) is 2.40. The Hall–Kier alpha value is -0.0800. The maximum Gasteiger partial charge on any atom is 0.0448 e. The summed E-state index contributed by atoms with van der Waals surface area (Å²) in [7, 11) is 0. The van der Waals surface area contributed by atoms with Crippen molar-refractivity contribution in [2.75, 3.05) is 6.61 Å². The Morgan fingerprint density at radius 2 is 1.22 bits per heavy atom. The predicted octanol–water partition coefficient (Wildman–Crippen LogP) is 4.40. The van der Waals surface area contributed by atoms with Crippen molar-refractivity contribution in [2.24, 2.45) is 5.73 Å². The lowest BCUT2D eigenvalue weighted by atomic mass is 9.92. The Balaban J connectivity index is 3.16. The topological polar surface area (TPSA) is 46.2 Å². The third-order valence-electron chi connectivity index (χ3n) is 3.78. The van der Waals surface area contributed by atoms with Gasteiger partial charge in [0.15, 0.2) is 0 Å². The molecule has 1 atom stereocenters. The predicted molar refractivity (Wildman–Crippen MR) is 80.8 cm³/mol. The van der Waals surface area contributed by atoms with Gasteiger partial charge in [0.1, 0.15) is 0 Å². The van der Waals surface area contributed by atoms with E-state index in [2.05, 4.69) is 13.8 Å². The minimum absolute atomic E-state index is 0.158. The van der Waals surface area contributed by atoms with E-state index >= 15 is 0 Å². The average molecular weight is 257 g/mol. The van der Waals surface area contributed by atoms with Crippen molar-refractivity contribution in [3.8, 4) is 0 Å². The summed E-state index contributed by atoms with van der Waals surface area (Å²) in [6, 6.07) is 0. The van der Waals surface area contributed by atoms with Gasteiger partial charge in [-0.05, 0) is 19.8 Å². The van der Waals surface area contributed by atoms with Crippen molar-refractivity contribution in [1.29, 1.82) is 0 Å². The van der Waals surface area contributed by atoms with Gasteiger partial charge in [-0.15, -0.1) is 0 Å². The molecule has 0 fully saturated rings. The van der Waals surface area contributed by atoms with Crippen molar-refractivity contribution in [1.82, 2.24) is 0 Å². The number of hydrogen-bond donors (Lipinski definition) is 2. The van der Waals surface area contributed by atoms with Crippen LogP contribution in [0.3, 0.4) is 0 Å². The van der Waals surface area contributed by atoms with E-state index in [0.29, 0.717) is 0 Å². The highest BCUT2D eigenvalue weighted by Crippen LogP contribution is 2.17. The largest absolute Gasteiger partial charge is 0.396 e. The number of aliphatic hydroxyl groups excluding tert-OH is 1. The molecule has 0 aromatic rings. The average Bonchev–Trinajstić information content (AvgIpc) is 2.31. The monoisotopic (exact) mass is 257 g/mol. The zero-order valence-corrected chi connectivity index (χ0v) is 12.7. The van der Waals surface area contributed by atoms with Gasteiger partial charge in [-0.3, -0.25) is 0 Å². The molecule has 0 aliphatic heterocycles. The maximum atomic E-state index is 8.88. The second-order valence-electron chi connectivity index (χ2n) is 6.06. The first-order chi connectivity index (χ1) is 8.62. The highest BCUT2D eigenvalue weighted by atomic mass is 16.3. The van der Waals surface area contributed by atoms with E-state index in [0.717, 1.165) is 12.8 Å². The van der Waals surface area contributed by atoms with E-state index in [1.54, 1.807) is 0 Å². The molecule has 0 radical (unpaired) electrons. The molecule has 1 unspecified atom stereocenters. The molecule has 2 heteroatoms. The molecular formula is C16H35NO. The van der Waals surface area contributed by atoms with E-state index in [9.17, 15) is 0 Å². The molecule has 0 heterocycles. The molecule has 0 bridgehead atoms. The van der Waals surface area contributed by atoms with E-state index in [4.69, 9.17) is 10.8 Å². The zero-order valence-electron chi connectivity index (χ0n) is 12.7. The third-order valence-corrected chi connectivity index (χ3v) is 3.78. The van der Waals surface area contributed by atoms with Gasteiger partial charge in [0.25, 0.3) is 0 Å². The quantitative estimate of drug-likeness (QED) is 0.480. The van der Waals surface area contributed by atoms with Gasteiger partial charge in [-0.25, -0.2) is 0 Å². The van der Waals surface area contributed by atoms with Crippen LogP contribution in [0.1, 0.15) is 90.9 Å². The van der Waals surface area contributed by atoms with Gasteiger partial charge >= 0.3 is 0 Å². The first-order valence-electron chi connectivity index (χ1n) is 8.02. The van der Waals surface area contributed by atoms with Crippen molar-refractivity contribution in [2.45, 2.75) is 96.4 Å². The first-order valence-corrected chi connectivity index (χ1v) is 8.02. The molecule has 0 spiro atoms. The summed E-state index contributed by atoms with van der Waals surface area (Å²) >= 11 is 0. The van der Waals surface area contributed by atoms with Crippen LogP contribution in [0, 0.1) is 0 Å². The number of aliphatic hydroxyl groups is 1. The second kappa shape index (κ2) is 12.0. The molecule has 0 saturated carbocycles. The Labute approximate surface area is 114 Å². The van der Waals surface area contributed by atoms with Crippen molar-refractivity contribution in [3.05, 3.63) is 0 Å². The molecule has 0 aliphatic rings. The van der Waals surface area contributed by atoms with Crippen LogP contribution in [-0.4, -0.2) is 17.3 Å². The molecule has 18 heavy (non-hydrogen) atoms. The molecule has 3 N–H and O–H groups in total. The summed E-state index contributed by atoms with van der Waals surface area (Å²) in [6.45, 7) is 4.53. The van der Waals surface area contributed by atoms with Gasteiger partial charge in [0.05, 0.1) is 0 Å². The minimum atomic E-state index is -0.158. The second-order valence-corrected chi connectivity index (χ2v) is 6.06. The molecule has 0 aromatic heterocycles. The van der Waals surface area contributed by atoms with Crippen molar-refractivity contribution < 1.29 is 5.11 Å². The first kappa shape index (κ1) is 17.9. The lowest BCUT2D eigenvalue weighted by Crippen LogP contribution is -2.36. The van der Waals surface area contributed by atoms with Gasteiger partial charge in [0.2, 0.25) is 0 Å². The molecule has 0 rings (SSSR count). The lowest BCUT2D eigenvalue weighted by molar-refractivity contribution is 0.237. The SMILES string of the molecule is CCCCCCCCCCCCC(C)(N)CCO. The Morgan fingerprint density at radius 1 is 0.778 bits per heavy atom. The van der Waals surface area contributed by atoms with Crippen LogP contribution in [0.15, 0.2) is 0 Å². The number of nitrogens with two attached hydrogens (primary N) is 1. The third kappa shape index (κ3) is 12.4. The maximum absolute atomic E-state index is 8.88. The van der Waals surface area contributed by atoms with Gasteiger partial charge in [-0.1, -0.05) is 71.1 Å². The van der Waals surface area contributed by atoms with Crippen LogP contribution in [-0.2, 0) is 0 Å². The Morgan fingerprint density at radius 3 is 1.67 bits per heavy atom. The van der Waals surface area contributed by atoms with E-state index in [1.807, 2.05) is 0 Å². The van der Waals surface area contributed by atoms with Gasteiger partial charge in [-0.2, -0.15) is 0 Å². The summed E-state index contributed by atoms with van der Waals surface area (Å²) in [5.41, 5.74) is 5.92. The van der Waals surface area contributed by atoms with Gasteiger partial charge in [0, 0.05) is 12.1 Å². The summed E-state index contributed by atoms with van der Waals surface area (Å²) < 4.78 is 0. The molecule has 0 amide bonds. The van der Waals surface area contributed by atoms with E-state index in [1.165, 1.54) is 64.2 Å². The van der Waals surface area contributed by atoms with Crippen LogP contribution < -0.4 is 5.73 Å². The summed E-state index contributed by atoms with van der Waals surface area (Å²) in [5, 5.41) is 8.88.